The highest BCUT2D eigenvalue weighted by molar-refractivity contribution is 7.89. The van der Waals surface area contributed by atoms with Crippen molar-refractivity contribution in [3.63, 3.8) is 0 Å². The van der Waals surface area contributed by atoms with Crippen LogP contribution in [0.1, 0.15) is 12.8 Å². The molecule has 0 N–H and O–H groups in total. The van der Waals surface area contributed by atoms with Gasteiger partial charge in [-0.05, 0) is 43.2 Å². The summed E-state index contributed by atoms with van der Waals surface area (Å²) in [6.45, 7) is 0.234. The molecule has 11 heteroatoms. The number of sulfonamides is 1. The molecule has 0 radical (unpaired) electrons. The van der Waals surface area contributed by atoms with Gasteiger partial charge in [0.1, 0.15) is 10.6 Å². The summed E-state index contributed by atoms with van der Waals surface area (Å²) < 4.78 is 38.3. The molecule has 2 heterocycles. The highest BCUT2D eigenvalue weighted by Crippen LogP contribution is 2.36. The minimum atomic E-state index is -3.95. The summed E-state index contributed by atoms with van der Waals surface area (Å²) in [5.74, 6) is -1.09. The Hall–Kier alpha value is -2.33. The van der Waals surface area contributed by atoms with Crippen molar-refractivity contribution >= 4 is 50.8 Å². The van der Waals surface area contributed by atoms with E-state index in [0.29, 0.717) is 24.3 Å². The number of benzene rings is 2. The maximum absolute atomic E-state index is 13.6. The van der Waals surface area contributed by atoms with Gasteiger partial charge in [-0.3, -0.25) is 4.79 Å². The molecule has 1 amide bonds. The molecule has 2 aromatic rings. The Balaban J connectivity index is 1.60. The number of ether oxygens (including phenoxy) is 2. The molecule has 1 saturated heterocycles. The number of carbonyl (C=O) groups excluding carboxylic acids is 2. The number of para-hydroxylation sites is 2. The number of methoxy groups -OCH3 is 1. The Kier molecular flexibility index (Phi) is 6.86. The number of anilines is 1. The monoisotopic (exact) mass is 512 g/mol. The molecule has 0 aromatic heterocycles. The van der Waals surface area contributed by atoms with Gasteiger partial charge >= 0.3 is 5.97 Å². The summed E-state index contributed by atoms with van der Waals surface area (Å²) in [7, 11) is -2.70. The molecule has 1 fully saturated rings. The number of halogens is 2. The minimum Gasteiger partial charge on any atom is -0.475 e. The summed E-state index contributed by atoms with van der Waals surface area (Å²) in [5.41, 5.74) is 0.528. The van der Waals surface area contributed by atoms with E-state index in [1.165, 1.54) is 34.5 Å². The maximum Gasteiger partial charge on any atom is 0.348 e. The molecule has 2 aliphatic heterocycles. The molecular formula is C22H22Cl2N2O6S. The molecule has 0 saturated carbocycles. The van der Waals surface area contributed by atoms with Crippen molar-refractivity contribution in [2.24, 2.45) is 5.92 Å². The smallest absolute Gasteiger partial charge is 0.348 e. The molecule has 2 atom stereocenters. The molecule has 0 unspecified atom stereocenters. The molecule has 176 valence electrons. The van der Waals surface area contributed by atoms with Gasteiger partial charge in [0.2, 0.25) is 22.0 Å². The highest BCUT2D eigenvalue weighted by Gasteiger charge is 2.40. The Bertz CT molecular complexity index is 1190. The maximum atomic E-state index is 13.6. The first-order valence-electron chi connectivity index (χ1n) is 10.3. The van der Waals surface area contributed by atoms with Crippen molar-refractivity contribution in [1.82, 2.24) is 4.31 Å². The predicted octanol–water partition coefficient (Wildman–Crippen LogP) is 3.36. The first kappa shape index (κ1) is 23.8. The van der Waals surface area contributed by atoms with Crippen LogP contribution in [0.5, 0.6) is 5.75 Å². The summed E-state index contributed by atoms with van der Waals surface area (Å²) in [5, 5.41) is 0.317. The lowest BCUT2D eigenvalue weighted by Gasteiger charge is -2.38. The molecule has 33 heavy (non-hydrogen) atoms. The Morgan fingerprint density at radius 3 is 2.64 bits per heavy atom. The number of esters is 1. The molecule has 8 nitrogen and oxygen atoms in total. The second kappa shape index (κ2) is 9.50. The van der Waals surface area contributed by atoms with Crippen LogP contribution in [0.3, 0.4) is 0 Å². The van der Waals surface area contributed by atoms with E-state index in [1.807, 2.05) is 0 Å². The Morgan fingerprint density at radius 2 is 1.88 bits per heavy atom. The largest absolute Gasteiger partial charge is 0.475 e. The van der Waals surface area contributed by atoms with Crippen LogP contribution in [0, 0.1) is 5.92 Å². The van der Waals surface area contributed by atoms with Crippen LogP contribution in [0.4, 0.5) is 5.69 Å². The second-order valence-electron chi connectivity index (χ2n) is 7.82. The van der Waals surface area contributed by atoms with E-state index in [4.69, 9.17) is 32.7 Å². The fourth-order valence-corrected chi connectivity index (χ4v) is 6.35. The van der Waals surface area contributed by atoms with Gasteiger partial charge < -0.3 is 14.4 Å². The fourth-order valence-electron chi connectivity index (χ4n) is 4.09. The van der Waals surface area contributed by atoms with Gasteiger partial charge in [0.05, 0.1) is 30.3 Å². The third-order valence-electron chi connectivity index (χ3n) is 5.75. The molecule has 2 aromatic carbocycles. The van der Waals surface area contributed by atoms with Gasteiger partial charge in [0.25, 0.3) is 0 Å². The van der Waals surface area contributed by atoms with Crippen LogP contribution in [-0.4, -0.2) is 57.4 Å². The van der Waals surface area contributed by atoms with Crippen molar-refractivity contribution in [3.05, 3.63) is 52.5 Å². The lowest BCUT2D eigenvalue weighted by Crippen LogP contribution is -2.52. The van der Waals surface area contributed by atoms with Crippen molar-refractivity contribution in [2.75, 3.05) is 31.6 Å². The van der Waals surface area contributed by atoms with Gasteiger partial charge in [0.15, 0.2) is 0 Å². The van der Waals surface area contributed by atoms with Crippen LogP contribution in [0.25, 0.3) is 0 Å². The lowest BCUT2D eigenvalue weighted by molar-refractivity contribution is -0.148. The number of rotatable bonds is 4. The third-order valence-corrected chi connectivity index (χ3v) is 8.33. The molecular weight excluding hydrogens is 491 g/mol. The average Bonchev–Trinajstić information content (AvgIpc) is 2.83. The van der Waals surface area contributed by atoms with Gasteiger partial charge in [-0.15, -0.1) is 0 Å². The van der Waals surface area contributed by atoms with E-state index < -0.39 is 28.0 Å². The highest BCUT2D eigenvalue weighted by atomic mass is 35.5. The van der Waals surface area contributed by atoms with Crippen LogP contribution < -0.4 is 9.64 Å². The van der Waals surface area contributed by atoms with Crippen LogP contribution in [0.15, 0.2) is 47.4 Å². The molecule has 0 spiro atoms. The molecule has 0 aliphatic carbocycles. The molecule has 4 rings (SSSR count). The molecule has 0 bridgehead atoms. The van der Waals surface area contributed by atoms with Gasteiger partial charge in [-0.25, -0.2) is 13.2 Å². The van der Waals surface area contributed by atoms with Crippen LogP contribution in [0.2, 0.25) is 10.0 Å². The number of carbonyl (C=O) groups is 2. The SMILES string of the molecule is COC(=O)[C@@H]1CN(C(=O)[C@@H]2CCCN(S(=O)(=O)c3cc(Cl)ccc3Cl)C2)c2ccccc2O1. The van der Waals surface area contributed by atoms with E-state index in [2.05, 4.69) is 0 Å². The third kappa shape index (κ3) is 4.68. The van der Waals surface area contributed by atoms with E-state index in [0.717, 1.165) is 0 Å². The lowest BCUT2D eigenvalue weighted by atomic mass is 9.97. The number of hydrogen-bond acceptors (Lipinski definition) is 6. The zero-order chi connectivity index (χ0) is 23.8. The van der Waals surface area contributed by atoms with Crippen LogP contribution in [-0.2, 0) is 24.3 Å². The quantitative estimate of drug-likeness (QED) is 0.583. The average molecular weight is 513 g/mol. The van der Waals surface area contributed by atoms with Crippen molar-refractivity contribution in [1.29, 1.82) is 0 Å². The topological polar surface area (TPSA) is 93.2 Å². The zero-order valence-electron chi connectivity index (χ0n) is 17.7. The van der Waals surface area contributed by atoms with E-state index in [9.17, 15) is 18.0 Å². The number of nitrogens with zero attached hydrogens (tertiary/aromatic N) is 2. The normalized spacial score (nSPS) is 21.1. The number of hydrogen-bond donors (Lipinski definition) is 0. The summed E-state index contributed by atoms with van der Waals surface area (Å²) >= 11 is 12.1. The van der Waals surface area contributed by atoms with Gasteiger partial charge in [0, 0.05) is 18.1 Å². The number of amides is 1. The second-order valence-corrected chi connectivity index (χ2v) is 10.6. The van der Waals surface area contributed by atoms with E-state index >= 15 is 0 Å². The van der Waals surface area contributed by atoms with Crippen LogP contribution >= 0.6 is 23.2 Å². The van der Waals surface area contributed by atoms with E-state index in [-0.39, 0.29) is 40.5 Å². The zero-order valence-corrected chi connectivity index (χ0v) is 20.1. The Morgan fingerprint density at radius 1 is 1.12 bits per heavy atom. The Labute approximate surface area is 202 Å². The van der Waals surface area contributed by atoms with Crippen molar-refractivity contribution in [3.8, 4) is 5.75 Å². The predicted molar refractivity (Wildman–Crippen MR) is 123 cm³/mol. The summed E-state index contributed by atoms with van der Waals surface area (Å²) in [6, 6.07) is 11.2. The fraction of sp³-hybridized carbons (Fsp3) is 0.364. The number of piperidine rings is 1. The summed E-state index contributed by atoms with van der Waals surface area (Å²) in [4.78, 5) is 27.1. The van der Waals surface area contributed by atoms with E-state index in [1.54, 1.807) is 24.3 Å². The first-order valence-corrected chi connectivity index (χ1v) is 12.5. The van der Waals surface area contributed by atoms with Gasteiger partial charge in [-0.1, -0.05) is 35.3 Å². The van der Waals surface area contributed by atoms with Crippen molar-refractivity contribution < 1.29 is 27.5 Å². The van der Waals surface area contributed by atoms with Crippen molar-refractivity contribution in [2.45, 2.75) is 23.8 Å². The summed E-state index contributed by atoms with van der Waals surface area (Å²) in [6.07, 6.45) is 0.0408. The minimum absolute atomic E-state index is 0.00752. The standard InChI is InChI=1S/C22H22Cl2N2O6S/c1-31-22(28)19-13-26(17-6-2-3-7-18(17)32-19)21(27)14-5-4-10-25(12-14)33(29,30)20-11-15(23)8-9-16(20)24/h2-3,6-9,11,14,19H,4-5,10,12-13H2,1H3/t14-,19+/m1/s1. The first-order chi connectivity index (χ1) is 15.7. The van der Waals surface area contributed by atoms with Gasteiger partial charge in [-0.2, -0.15) is 4.31 Å². The molecule has 2 aliphatic rings. The number of fused-ring (bicyclic) bond motifs is 1.